The number of aromatic nitrogens is 3. The quantitative estimate of drug-likeness (QED) is 0.731. The lowest BCUT2D eigenvalue weighted by molar-refractivity contribution is -0.132. The van der Waals surface area contributed by atoms with E-state index in [1.54, 1.807) is 0 Å². The number of hydrogen-bond donors (Lipinski definition) is 1. The van der Waals surface area contributed by atoms with Gasteiger partial charge < -0.3 is 10.2 Å². The largest absolute Gasteiger partial charge is 0.349 e. The fourth-order valence-electron chi connectivity index (χ4n) is 3.86. The van der Waals surface area contributed by atoms with Crippen molar-refractivity contribution in [2.45, 2.75) is 26.1 Å². The summed E-state index contributed by atoms with van der Waals surface area (Å²) in [7, 11) is 0. The number of benzene rings is 2. The number of carbonyl (C=O) groups is 1. The van der Waals surface area contributed by atoms with E-state index in [1.807, 2.05) is 46.0 Å². The Morgan fingerprint density at radius 3 is 2.45 bits per heavy atom. The molecule has 1 aromatic heterocycles. The molecule has 7 heteroatoms. The normalized spacial score (nSPS) is 18.1. The summed E-state index contributed by atoms with van der Waals surface area (Å²) in [4.78, 5) is 23.7. The van der Waals surface area contributed by atoms with Gasteiger partial charge in [-0.25, -0.2) is 9.67 Å². The predicted octanol–water partition coefficient (Wildman–Crippen LogP) is 3.03. The fraction of sp³-hybridized carbons (Fsp3) is 0.273. The monoisotopic (exact) mass is 386 g/mol. The van der Waals surface area contributed by atoms with Crippen molar-refractivity contribution in [3.63, 3.8) is 0 Å². The maximum atomic E-state index is 12.6. The molecule has 0 bridgehead atoms. The SMILES string of the molecule is O=C1CC2=Nc3nc(NCc4ccccc4)nn3CC2CN1Cc1ccccc1. The average Bonchev–Trinajstić information content (AvgIpc) is 3.14. The Bertz CT molecular complexity index is 1040. The standard InChI is InChI=1S/C22H22N6O/c29-20-11-19-18(14-27(20)13-17-9-5-2-6-10-17)15-28-22(24-19)25-21(26-28)23-12-16-7-3-1-4-8-16/h1-10,18H,11-15H2,(H,23,26). The molecule has 3 aromatic rings. The van der Waals surface area contributed by atoms with Crippen molar-refractivity contribution in [2.24, 2.45) is 10.9 Å². The van der Waals surface area contributed by atoms with Crippen molar-refractivity contribution in [1.29, 1.82) is 0 Å². The molecular formula is C22H22N6O. The summed E-state index contributed by atoms with van der Waals surface area (Å²) in [6, 6.07) is 20.2. The molecular weight excluding hydrogens is 364 g/mol. The van der Waals surface area contributed by atoms with Gasteiger partial charge in [-0.3, -0.25) is 4.79 Å². The number of carbonyl (C=O) groups excluding carboxylic acids is 1. The minimum Gasteiger partial charge on any atom is -0.349 e. The molecule has 0 saturated carbocycles. The van der Waals surface area contributed by atoms with Crippen molar-refractivity contribution in [3.8, 4) is 0 Å². The summed E-state index contributed by atoms with van der Waals surface area (Å²) in [5.41, 5.74) is 3.24. The third-order valence-electron chi connectivity index (χ3n) is 5.40. The summed E-state index contributed by atoms with van der Waals surface area (Å²) in [6.45, 7) is 2.66. The second-order valence-corrected chi connectivity index (χ2v) is 7.49. The van der Waals surface area contributed by atoms with E-state index in [4.69, 9.17) is 0 Å². The zero-order valence-corrected chi connectivity index (χ0v) is 16.0. The molecule has 1 atom stereocenters. The van der Waals surface area contributed by atoms with E-state index in [2.05, 4.69) is 44.7 Å². The van der Waals surface area contributed by atoms with Gasteiger partial charge >= 0.3 is 0 Å². The number of nitrogens with zero attached hydrogens (tertiary/aromatic N) is 5. The first kappa shape index (κ1) is 17.6. The van der Waals surface area contributed by atoms with Crippen LogP contribution in [-0.2, 0) is 24.4 Å². The minimum absolute atomic E-state index is 0.124. The van der Waals surface area contributed by atoms with Gasteiger partial charge in [0.25, 0.3) is 0 Å². The molecule has 29 heavy (non-hydrogen) atoms. The van der Waals surface area contributed by atoms with Crippen LogP contribution in [0.25, 0.3) is 0 Å². The van der Waals surface area contributed by atoms with Crippen LogP contribution < -0.4 is 5.32 Å². The molecule has 146 valence electrons. The third-order valence-corrected chi connectivity index (χ3v) is 5.40. The highest BCUT2D eigenvalue weighted by molar-refractivity contribution is 6.05. The first-order chi connectivity index (χ1) is 14.2. The van der Waals surface area contributed by atoms with E-state index in [9.17, 15) is 4.79 Å². The number of likely N-dealkylation sites (tertiary alicyclic amines) is 1. The Kier molecular flexibility index (Phi) is 4.56. The lowest BCUT2D eigenvalue weighted by Crippen LogP contribution is -2.46. The first-order valence-electron chi connectivity index (χ1n) is 9.86. The van der Waals surface area contributed by atoms with Gasteiger partial charge in [0.2, 0.25) is 17.8 Å². The highest BCUT2D eigenvalue weighted by atomic mass is 16.2. The summed E-state index contributed by atoms with van der Waals surface area (Å²) in [5, 5.41) is 7.83. The van der Waals surface area contributed by atoms with Gasteiger partial charge in [-0.2, -0.15) is 4.98 Å². The maximum absolute atomic E-state index is 12.6. The first-order valence-corrected chi connectivity index (χ1v) is 9.86. The minimum atomic E-state index is 0.124. The molecule has 0 radical (unpaired) electrons. The van der Waals surface area contributed by atoms with Crippen LogP contribution in [0.4, 0.5) is 11.9 Å². The van der Waals surface area contributed by atoms with Crippen molar-refractivity contribution in [1.82, 2.24) is 19.7 Å². The molecule has 2 aliphatic heterocycles. The Morgan fingerprint density at radius 1 is 0.966 bits per heavy atom. The highest BCUT2D eigenvalue weighted by Gasteiger charge is 2.34. The number of rotatable bonds is 5. The van der Waals surface area contributed by atoms with Gasteiger partial charge in [0, 0.05) is 31.3 Å². The van der Waals surface area contributed by atoms with Crippen LogP contribution >= 0.6 is 0 Å². The number of amides is 1. The van der Waals surface area contributed by atoms with Crippen molar-refractivity contribution >= 4 is 23.5 Å². The summed E-state index contributed by atoms with van der Waals surface area (Å²) in [6.07, 6.45) is 0.358. The molecule has 3 heterocycles. The summed E-state index contributed by atoms with van der Waals surface area (Å²) < 4.78 is 1.85. The van der Waals surface area contributed by atoms with Gasteiger partial charge in [0.15, 0.2) is 0 Å². The van der Waals surface area contributed by atoms with Crippen molar-refractivity contribution in [3.05, 3.63) is 71.8 Å². The molecule has 2 aromatic carbocycles. The Labute approximate surface area is 169 Å². The van der Waals surface area contributed by atoms with E-state index < -0.39 is 0 Å². The second kappa shape index (κ2) is 7.50. The Balaban J connectivity index is 1.28. The summed E-state index contributed by atoms with van der Waals surface area (Å²) >= 11 is 0. The van der Waals surface area contributed by atoms with Gasteiger partial charge in [-0.15, -0.1) is 5.10 Å². The van der Waals surface area contributed by atoms with Crippen LogP contribution in [0.3, 0.4) is 0 Å². The molecule has 2 aliphatic rings. The lowest BCUT2D eigenvalue weighted by Gasteiger charge is -2.35. The van der Waals surface area contributed by atoms with Crippen LogP contribution in [0.5, 0.6) is 0 Å². The van der Waals surface area contributed by atoms with E-state index in [-0.39, 0.29) is 11.8 Å². The van der Waals surface area contributed by atoms with Gasteiger partial charge in [-0.05, 0) is 11.1 Å². The molecule has 1 saturated heterocycles. The number of aliphatic imine (C=N–C) groups is 1. The van der Waals surface area contributed by atoms with Gasteiger partial charge in [0.05, 0.1) is 13.0 Å². The third kappa shape index (κ3) is 3.76. The lowest BCUT2D eigenvalue weighted by atomic mass is 9.93. The van der Waals surface area contributed by atoms with Crippen molar-refractivity contribution < 1.29 is 4.79 Å². The molecule has 5 rings (SSSR count). The van der Waals surface area contributed by atoms with E-state index in [1.165, 1.54) is 5.56 Å². The Hall–Kier alpha value is -3.48. The zero-order valence-electron chi connectivity index (χ0n) is 16.0. The summed E-state index contributed by atoms with van der Waals surface area (Å²) in [5.74, 6) is 1.46. The fourth-order valence-corrected chi connectivity index (χ4v) is 3.86. The van der Waals surface area contributed by atoms with Crippen LogP contribution in [0.2, 0.25) is 0 Å². The molecule has 0 spiro atoms. The number of piperidine rings is 1. The van der Waals surface area contributed by atoms with Crippen LogP contribution in [0.15, 0.2) is 65.7 Å². The second-order valence-electron chi connectivity index (χ2n) is 7.49. The van der Waals surface area contributed by atoms with E-state index in [0.717, 1.165) is 11.3 Å². The van der Waals surface area contributed by atoms with Crippen LogP contribution in [-0.4, -0.2) is 37.8 Å². The topological polar surface area (TPSA) is 75.4 Å². The van der Waals surface area contributed by atoms with Crippen molar-refractivity contribution in [2.75, 3.05) is 11.9 Å². The van der Waals surface area contributed by atoms with Gasteiger partial charge in [0.1, 0.15) is 0 Å². The number of nitrogens with one attached hydrogen (secondary N) is 1. The zero-order chi connectivity index (χ0) is 19.6. The maximum Gasteiger partial charge on any atom is 0.249 e. The average molecular weight is 386 g/mol. The molecule has 1 amide bonds. The number of fused-ring (bicyclic) bond motifs is 2. The number of hydrogen-bond acceptors (Lipinski definition) is 5. The Morgan fingerprint density at radius 2 is 1.69 bits per heavy atom. The number of anilines is 1. The van der Waals surface area contributed by atoms with Crippen LogP contribution in [0, 0.1) is 5.92 Å². The highest BCUT2D eigenvalue weighted by Crippen LogP contribution is 2.28. The van der Waals surface area contributed by atoms with Gasteiger partial charge in [-0.1, -0.05) is 60.7 Å². The predicted molar refractivity (Wildman–Crippen MR) is 111 cm³/mol. The molecule has 1 fully saturated rings. The van der Waals surface area contributed by atoms with E-state index in [0.29, 0.717) is 44.5 Å². The molecule has 0 aliphatic carbocycles. The smallest absolute Gasteiger partial charge is 0.249 e. The van der Waals surface area contributed by atoms with Crippen LogP contribution in [0.1, 0.15) is 17.5 Å². The molecule has 1 N–H and O–H groups in total. The molecule has 1 unspecified atom stereocenters. The van der Waals surface area contributed by atoms with E-state index >= 15 is 0 Å². The molecule has 7 nitrogen and oxygen atoms in total.